The van der Waals surface area contributed by atoms with Gasteiger partial charge in [0.15, 0.2) is 5.65 Å². The van der Waals surface area contributed by atoms with E-state index in [2.05, 4.69) is 10.2 Å². The number of rotatable bonds is 1. The number of carboxylic acids is 1. The van der Waals surface area contributed by atoms with Crippen molar-refractivity contribution < 1.29 is 27.5 Å². The summed E-state index contributed by atoms with van der Waals surface area (Å²) in [5.74, 6) is -3.10. The molecular formula is C13H5F3N4O4. The van der Waals surface area contributed by atoms with Crippen LogP contribution in [0.25, 0.3) is 16.7 Å². The molecule has 122 valence electrons. The molecule has 0 saturated heterocycles. The van der Waals surface area contributed by atoms with Crippen molar-refractivity contribution in [1.29, 1.82) is 5.26 Å². The van der Waals surface area contributed by atoms with Gasteiger partial charge in [-0.05, 0) is 18.6 Å². The summed E-state index contributed by atoms with van der Waals surface area (Å²) in [4.78, 5) is 22.8. The molecule has 3 aromatic heterocycles. The molecule has 0 fully saturated rings. The molecule has 0 spiro atoms. The molecule has 0 bridgehead atoms. The van der Waals surface area contributed by atoms with Gasteiger partial charge in [0, 0.05) is 5.39 Å². The van der Waals surface area contributed by atoms with E-state index in [4.69, 9.17) is 9.52 Å². The highest BCUT2D eigenvalue weighted by Gasteiger charge is 2.39. The molecule has 3 aromatic rings. The third-order valence-electron chi connectivity index (χ3n) is 3.39. The van der Waals surface area contributed by atoms with Crippen molar-refractivity contribution in [2.45, 2.75) is 13.1 Å². The molecule has 11 heteroatoms. The lowest BCUT2D eigenvalue weighted by atomic mass is 10.1. The maximum absolute atomic E-state index is 13.1. The third-order valence-corrected chi connectivity index (χ3v) is 3.39. The highest BCUT2D eigenvalue weighted by molar-refractivity contribution is 5.93. The molecule has 0 radical (unpaired) electrons. The van der Waals surface area contributed by atoms with Gasteiger partial charge in [-0.2, -0.15) is 18.4 Å². The molecule has 0 saturated carbocycles. The van der Waals surface area contributed by atoms with E-state index in [-0.39, 0.29) is 16.5 Å². The summed E-state index contributed by atoms with van der Waals surface area (Å²) in [6.45, 7) is 1.37. The molecule has 0 aliphatic heterocycles. The Hall–Kier alpha value is -3.42. The number of nitrogens with zero attached hydrogens (tertiary/aromatic N) is 4. The zero-order chi connectivity index (χ0) is 17.8. The molecule has 24 heavy (non-hydrogen) atoms. The summed E-state index contributed by atoms with van der Waals surface area (Å²) >= 11 is 0. The lowest BCUT2D eigenvalue weighted by Crippen LogP contribution is -2.16. The van der Waals surface area contributed by atoms with E-state index in [0.29, 0.717) is 4.40 Å². The van der Waals surface area contributed by atoms with Crippen LogP contribution in [0, 0.1) is 18.3 Å². The average molecular weight is 338 g/mol. The first-order valence-electron chi connectivity index (χ1n) is 6.23. The first-order chi connectivity index (χ1) is 11.2. The minimum Gasteiger partial charge on any atom is -0.477 e. The zero-order valence-electron chi connectivity index (χ0n) is 11.7. The van der Waals surface area contributed by atoms with Crippen LogP contribution < -0.4 is 5.63 Å². The van der Waals surface area contributed by atoms with Crippen LogP contribution in [0.5, 0.6) is 0 Å². The van der Waals surface area contributed by atoms with Gasteiger partial charge in [-0.3, -0.25) is 0 Å². The quantitative estimate of drug-likeness (QED) is 0.717. The summed E-state index contributed by atoms with van der Waals surface area (Å²) in [6, 6.07) is 2.56. The first-order valence-corrected chi connectivity index (χ1v) is 6.23. The van der Waals surface area contributed by atoms with E-state index < -0.39 is 40.5 Å². The van der Waals surface area contributed by atoms with Crippen LogP contribution in [0.2, 0.25) is 0 Å². The van der Waals surface area contributed by atoms with Crippen molar-refractivity contribution in [2.75, 3.05) is 0 Å². The Morgan fingerprint density at radius 3 is 2.62 bits per heavy atom. The molecular weight excluding hydrogens is 333 g/mol. The molecule has 0 aliphatic carbocycles. The lowest BCUT2D eigenvalue weighted by Gasteiger charge is -2.09. The highest BCUT2D eigenvalue weighted by Crippen LogP contribution is 2.32. The van der Waals surface area contributed by atoms with Crippen LogP contribution in [0.3, 0.4) is 0 Å². The Morgan fingerprint density at radius 1 is 1.42 bits per heavy atom. The van der Waals surface area contributed by atoms with Gasteiger partial charge in [0.2, 0.25) is 11.5 Å². The average Bonchev–Trinajstić information content (AvgIpc) is 2.92. The number of carboxylic acid groups (broad SMARTS) is 1. The Kier molecular flexibility index (Phi) is 3.09. The van der Waals surface area contributed by atoms with Gasteiger partial charge < -0.3 is 9.52 Å². The highest BCUT2D eigenvalue weighted by atomic mass is 19.4. The van der Waals surface area contributed by atoms with Crippen LogP contribution >= 0.6 is 0 Å². The normalized spacial score (nSPS) is 11.8. The lowest BCUT2D eigenvalue weighted by molar-refractivity contribution is -0.145. The second kappa shape index (κ2) is 4.79. The van der Waals surface area contributed by atoms with Crippen molar-refractivity contribution in [3.8, 4) is 6.07 Å². The third kappa shape index (κ3) is 2.00. The smallest absolute Gasteiger partial charge is 0.452 e. The Bertz CT molecular complexity index is 1120. The molecule has 0 aliphatic rings. The second-order valence-corrected chi connectivity index (χ2v) is 4.76. The minimum absolute atomic E-state index is 0.118. The number of carbonyl (C=O) groups is 1. The minimum atomic E-state index is -4.93. The summed E-state index contributed by atoms with van der Waals surface area (Å²) < 4.78 is 44.5. The number of hydrogen-bond acceptors (Lipinski definition) is 6. The predicted molar refractivity (Wildman–Crippen MR) is 70.4 cm³/mol. The van der Waals surface area contributed by atoms with Crippen LogP contribution in [0.1, 0.15) is 27.3 Å². The Labute approximate surface area is 129 Å². The van der Waals surface area contributed by atoms with Crippen molar-refractivity contribution in [2.24, 2.45) is 0 Å². The number of aromatic nitrogens is 3. The molecule has 0 aromatic carbocycles. The number of pyridine rings is 1. The van der Waals surface area contributed by atoms with Gasteiger partial charge in [-0.1, -0.05) is 0 Å². The van der Waals surface area contributed by atoms with Crippen molar-refractivity contribution in [3.63, 3.8) is 0 Å². The number of aromatic carboxylic acids is 1. The number of halogens is 3. The Balaban J connectivity index is 2.65. The van der Waals surface area contributed by atoms with Crippen molar-refractivity contribution in [1.82, 2.24) is 14.6 Å². The van der Waals surface area contributed by atoms with E-state index in [1.807, 2.05) is 0 Å². The fraction of sp³-hybridized carbons (Fsp3) is 0.154. The summed E-state index contributed by atoms with van der Waals surface area (Å²) in [5, 5.41) is 24.4. The zero-order valence-corrected chi connectivity index (χ0v) is 11.7. The van der Waals surface area contributed by atoms with E-state index in [1.165, 1.54) is 6.92 Å². The van der Waals surface area contributed by atoms with Crippen molar-refractivity contribution in [3.05, 3.63) is 39.0 Å². The summed E-state index contributed by atoms with van der Waals surface area (Å²) in [7, 11) is 0. The Morgan fingerprint density at radius 2 is 2.08 bits per heavy atom. The monoisotopic (exact) mass is 338 g/mol. The summed E-state index contributed by atoms with van der Waals surface area (Å²) in [5.41, 5.74) is -3.25. The van der Waals surface area contributed by atoms with Gasteiger partial charge >= 0.3 is 17.8 Å². The first kappa shape index (κ1) is 15.5. The van der Waals surface area contributed by atoms with Gasteiger partial charge in [0.25, 0.3) is 0 Å². The van der Waals surface area contributed by atoms with E-state index in [1.54, 1.807) is 6.07 Å². The number of aryl methyl sites for hydroxylation is 1. The van der Waals surface area contributed by atoms with Crippen LogP contribution in [0.15, 0.2) is 15.3 Å². The second-order valence-electron chi connectivity index (χ2n) is 4.76. The van der Waals surface area contributed by atoms with Gasteiger partial charge in [0.1, 0.15) is 17.2 Å². The fourth-order valence-electron chi connectivity index (χ4n) is 2.30. The maximum Gasteiger partial charge on any atom is 0.452 e. The van der Waals surface area contributed by atoms with Gasteiger partial charge in [0.05, 0.1) is 0 Å². The molecule has 0 atom stereocenters. The number of alkyl halides is 3. The van der Waals surface area contributed by atoms with Crippen LogP contribution in [0.4, 0.5) is 13.2 Å². The van der Waals surface area contributed by atoms with Gasteiger partial charge in [-0.15, -0.1) is 10.2 Å². The van der Waals surface area contributed by atoms with Crippen LogP contribution in [-0.4, -0.2) is 25.7 Å². The summed E-state index contributed by atoms with van der Waals surface area (Å²) in [6.07, 6.45) is -4.93. The predicted octanol–water partition coefficient (Wildman–Crippen LogP) is 1.73. The number of hydrogen-bond donors (Lipinski definition) is 1. The largest absolute Gasteiger partial charge is 0.477 e. The molecule has 3 rings (SSSR count). The fourth-order valence-corrected chi connectivity index (χ4v) is 2.30. The molecule has 0 unspecified atom stereocenters. The number of nitriles is 1. The number of fused-ring (bicyclic) bond motifs is 3. The molecule has 1 N–H and O–H groups in total. The molecule has 0 amide bonds. The van der Waals surface area contributed by atoms with E-state index in [0.717, 1.165) is 6.07 Å². The van der Waals surface area contributed by atoms with Crippen molar-refractivity contribution >= 4 is 22.7 Å². The molecule has 3 heterocycles. The standard InChI is InChI=1S/C13H5F3N4O4/c1-4-5-2-6(10(21)22)11(23)24-9(5)20-8(7(4)3-17)18-19-12(20)13(14,15)16/h2H,1H3,(H,21,22). The van der Waals surface area contributed by atoms with Gasteiger partial charge in [-0.25, -0.2) is 14.0 Å². The van der Waals surface area contributed by atoms with Crippen LogP contribution in [-0.2, 0) is 6.18 Å². The molecule has 8 nitrogen and oxygen atoms in total. The van der Waals surface area contributed by atoms with E-state index >= 15 is 0 Å². The SMILES string of the molecule is Cc1c(C#N)c2nnc(C(F)(F)F)n2c2oc(=O)c(C(=O)O)cc12. The van der Waals surface area contributed by atoms with E-state index in [9.17, 15) is 28.0 Å². The maximum atomic E-state index is 13.1. The topological polar surface area (TPSA) is 121 Å².